The van der Waals surface area contributed by atoms with Crippen LogP contribution in [-0.2, 0) is 16.6 Å². The number of hydrogen-bond acceptors (Lipinski definition) is 4. The minimum absolute atomic E-state index is 0.0940. The topological polar surface area (TPSA) is 72.2 Å². The number of sulfonamides is 1. The second-order valence-corrected chi connectivity index (χ2v) is 8.66. The summed E-state index contributed by atoms with van der Waals surface area (Å²) < 4.78 is 27.8. The van der Waals surface area contributed by atoms with Crippen LogP contribution in [-0.4, -0.2) is 14.5 Å². The van der Waals surface area contributed by atoms with Crippen LogP contribution < -0.4 is 10.5 Å². The van der Waals surface area contributed by atoms with Crippen molar-refractivity contribution in [2.75, 3.05) is 0 Å². The van der Waals surface area contributed by atoms with Gasteiger partial charge in [-0.2, -0.15) is 0 Å². The fourth-order valence-electron chi connectivity index (χ4n) is 2.87. The molecule has 20 heavy (non-hydrogen) atoms. The van der Waals surface area contributed by atoms with Crippen molar-refractivity contribution < 1.29 is 8.42 Å². The standard InChI is InChI=1S/C14H24N2O2S2/c1-2-3-11-4-6-12(7-5-11)16-20(17,18)14-9-8-13(10-15)19-14/h8-9,11-12,16H,2-7,10,15H2,1H3. The summed E-state index contributed by atoms with van der Waals surface area (Å²) in [5, 5.41) is 0. The molecule has 1 aliphatic rings. The van der Waals surface area contributed by atoms with E-state index in [0.29, 0.717) is 10.8 Å². The van der Waals surface area contributed by atoms with Crippen molar-refractivity contribution >= 4 is 21.4 Å². The Labute approximate surface area is 125 Å². The Hall–Kier alpha value is -0.430. The van der Waals surface area contributed by atoms with Crippen LogP contribution >= 0.6 is 11.3 Å². The molecule has 1 fully saturated rings. The van der Waals surface area contributed by atoms with Crippen LogP contribution in [0.2, 0.25) is 0 Å². The first kappa shape index (κ1) is 15.9. The molecule has 0 spiro atoms. The molecule has 1 saturated carbocycles. The summed E-state index contributed by atoms with van der Waals surface area (Å²) in [4.78, 5) is 0.900. The zero-order valence-corrected chi connectivity index (χ0v) is 13.6. The van der Waals surface area contributed by atoms with Gasteiger partial charge in [-0.05, 0) is 43.7 Å². The lowest BCUT2D eigenvalue weighted by Crippen LogP contribution is -2.37. The van der Waals surface area contributed by atoms with Crippen molar-refractivity contribution in [2.45, 2.75) is 62.2 Å². The Kier molecular flexibility index (Phi) is 5.60. The van der Waals surface area contributed by atoms with Gasteiger partial charge in [-0.3, -0.25) is 0 Å². The molecule has 1 heterocycles. The molecule has 114 valence electrons. The summed E-state index contributed by atoms with van der Waals surface area (Å²) in [5.74, 6) is 0.784. The maximum absolute atomic E-state index is 12.3. The molecule has 1 aromatic rings. The maximum atomic E-state index is 12.3. The van der Waals surface area contributed by atoms with Crippen LogP contribution in [0.4, 0.5) is 0 Å². The van der Waals surface area contributed by atoms with Gasteiger partial charge < -0.3 is 5.73 Å². The van der Waals surface area contributed by atoms with Gasteiger partial charge in [0.2, 0.25) is 10.0 Å². The van der Waals surface area contributed by atoms with Crippen LogP contribution in [0.15, 0.2) is 16.3 Å². The van der Waals surface area contributed by atoms with Gasteiger partial charge in [0.25, 0.3) is 0 Å². The number of thiophene rings is 1. The van der Waals surface area contributed by atoms with Crippen LogP contribution in [0.5, 0.6) is 0 Å². The van der Waals surface area contributed by atoms with Crippen LogP contribution in [0.3, 0.4) is 0 Å². The Morgan fingerprint density at radius 1 is 1.30 bits per heavy atom. The molecule has 1 aromatic heterocycles. The predicted octanol–water partition coefficient (Wildman–Crippen LogP) is 2.84. The zero-order valence-electron chi connectivity index (χ0n) is 12.0. The minimum Gasteiger partial charge on any atom is -0.326 e. The van der Waals surface area contributed by atoms with Crippen molar-refractivity contribution in [2.24, 2.45) is 11.7 Å². The van der Waals surface area contributed by atoms with E-state index in [1.165, 1.54) is 24.2 Å². The first-order valence-corrected chi connectivity index (χ1v) is 9.66. The number of hydrogen-bond donors (Lipinski definition) is 2. The second kappa shape index (κ2) is 7.02. The number of rotatable bonds is 6. The van der Waals surface area contributed by atoms with Crippen LogP contribution in [0.1, 0.15) is 50.3 Å². The summed E-state index contributed by atoms with van der Waals surface area (Å²) in [7, 11) is -3.37. The third kappa shape index (κ3) is 4.04. The van der Waals surface area contributed by atoms with E-state index in [9.17, 15) is 8.42 Å². The fourth-order valence-corrected chi connectivity index (χ4v) is 5.42. The first-order valence-electron chi connectivity index (χ1n) is 7.36. The van der Waals surface area contributed by atoms with Gasteiger partial charge in [0.05, 0.1) is 0 Å². The van der Waals surface area contributed by atoms with E-state index < -0.39 is 10.0 Å². The van der Waals surface area contributed by atoms with E-state index in [1.807, 2.05) is 0 Å². The SMILES string of the molecule is CCCC1CCC(NS(=O)(=O)c2ccc(CN)s2)CC1. The fraction of sp³-hybridized carbons (Fsp3) is 0.714. The highest BCUT2D eigenvalue weighted by atomic mass is 32.2. The van der Waals surface area contributed by atoms with Gasteiger partial charge in [0, 0.05) is 17.5 Å². The third-order valence-electron chi connectivity index (χ3n) is 3.97. The van der Waals surface area contributed by atoms with Crippen molar-refractivity contribution in [3.05, 3.63) is 17.0 Å². The summed E-state index contributed by atoms with van der Waals surface area (Å²) in [6, 6.07) is 3.53. The molecule has 0 bridgehead atoms. The molecule has 4 nitrogen and oxygen atoms in total. The molecular formula is C14H24N2O2S2. The largest absolute Gasteiger partial charge is 0.326 e. The molecular weight excluding hydrogens is 292 g/mol. The Balaban J connectivity index is 1.92. The highest BCUT2D eigenvalue weighted by molar-refractivity contribution is 7.91. The van der Waals surface area contributed by atoms with Gasteiger partial charge in [-0.25, -0.2) is 13.1 Å². The first-order chi connectivity index (χ1) is 9.55. The number of nitrogens with one attached hydrogen (secondary N) is 1. The van der Waals surface area contributed by atoms with Crippen LogP contribution in [0, 0.1) is 5.92 Å². The number of nitrogens with two attached hydrogens (primary N) is 1. The van der Waals surface area contributed by atoms with Crippen molar-refractivity contribution in [3.8, 4) is 0 Å². The normalized spacial score (nSPS) is 23.9. The Morgan fingerprint density at radius 3 is 2.55 bits per heavy atom. The van der Waals surface area contributed by atoms with E-state index in [-0.39, 0.29) is 6.04 Å². The second-order valence-electron chi connectivity index (χ2n) is 5.55. The highest BCUT2D eigenvalue weighted by Gasteiger charge is 2.26. The molecule has 0 saturated heterocycles. The molecule has 0 atom stereocenters. The smallest absolute Gasteiger partial charge is 0.250 e. The maximum Gasteiger partial charge on any atom is 0.250 e. The molecule has 0 radical (unpaired) electrons. The van der Waals surface area contributed by atoms with E-state index >= 15 is 0 Å². The van der Waals surface area contributed by atoms with Crippen molar-refractivity contribution in [3.63, 3.8) is 0 Å². The lowest BCUT2D eigenvalue weighted by atomic mass is 9.84. The van der Waals surface area contributed by atoms with Gasteiger partial charge in [0.15, 0.2) is 0 Å². The molecule has 1 aliphatic carbocycles. The molecule has 2 rings (SSSR count). The summed E-state index contributed by atoms with van der Waals surface area (Å²) in [5.41, 5.74) is 5.53. The monoisotopic (exact) mass is 316 g/mol. The van der Waals surface area contributed by atoms with Gasteiger partial charge >= 0.3 is 0 Å². The lowest BCUT2D eigenvalue weighted by Gasteiger charge is -2.28. The lowest BCUT2D eigenvalue weighted by molar-refractivity contribution is 0.297. The van der Waals surface area contributed by atoms with E-state index in [2.05, 4.69) is 11.6 Å². The van der Waals surface area contributed by atoms with Crippen molar-refractivity contribution in [1.82, 2.24) is 4.72 Å². The predicted molar refractivity (Wildman–Crippen MR) is 83.2 cm³/mol. The van der Waals surface area contributed by atoms with Gasteiger partial charge in [-0.15, -0.1) is 11.3 Å². The molecule has 6 heteroatoms. The molecule has 0 aliphatic heterocycles. The van der Waals surface area contributed by atoms with Crippen molar-refractivity contribution in [1.29, 1.82) is 0 Å². The third-order valence-corrected chi connectivity index (χ3v) is 7.09. The van der Waals surface area contributed by atoms with E-state index in [1.54, 1.807) is 12.1 Å². The quantitative estimate of drug-likeness (QED) is 0.847. The average molecular weight is 316 g/mol. The molecule has 3 N–H and O–H groups in total. The average Bonchev–Trinajstić information content (AvgIpc) is 2.91. The minimum atomic E-state index is -3.37. The summed E-state index contributed by atoms with van der Waals surface area (Å²) in [6.07, 6.45) is 6.68. The molecule has 0 unspecified atom stereocenters. The highest BCUT2D eigenvalue weighted by Crippen LogP contribution is 2.29. The Morgan fingerprint density at radius 2 is 2.00 bits per heavy atom. The van der Waals surface area contributed by atoms with Gasteiger partial charge in [-0.1, -0.05) is 19.8 Å². The Bertz CT molecular complexity index is 517. The summed E-state index contributed by atoms with van der Waals surface area (Å²) in [6.45, 7) is 2.60. The molecule has 0 aromatic carbocycles. The van der Waals surface area contributed by atoms with Crippen LogP contribution in [0.25, 0.3) is 0 Å². The van der Waals surface area contributed by atoms with Gasteiger partial charge in [0.1, 0.15) is 4.21 Å². The van der Waals surface area contributed by atoms with E-state index in [4.69, 9.17) is 5.73 Å². The summed E-state index contributed by atoms with van der Waals surface area (Å²) >= 11 is 1.26. The molecule has 0 amide bonds. The van der Waals surface area contributed by atoms with E-state index in [0.717, 1.165) is 36.5 Å². The zero-order chi connectivity index (χ0) is 14.6.